The molecular weight excluding hydrogens is 226 g/mol. The molecule has 0 spiro atoms. The highest BCUT2D eigenvalue weighted by Crippen LogP contribution is 2.23. The summed E-state index contributed by atoms with van der Waals surface area (Å²) in [5.41, 5.74) is 1.86. The average molecular weight is 247 g/mol. The van der Waals surface area contributed by atoms with Gasteiger partial charge in [-0.25, -0.2) is 0 Å². The molecule has 1 aliphatic rings. The Kier molecular flexibility index (Phi) is 4.02. The van der Waals surface area contributed by atoms with Crippen LogP contribution in [-0.4, -0.2) is 35.1 Å². The highest BCUT2D eigenvalue weighted by Gasteiger charge is 2.26. The van der Waals surface area contributed by atoms with E-state index in [0.29, 0.717) is 0 Å². The van der Waals surface area contributed by atoms with Crippen LogP contribution in [0.15, 0.2) is 24.3 Å². The van der Waals surface area contributed by atoms with Gasteiger partial charge in [-0.05, 0) is 44.7 Å². The van der Waals surface area contributed by atoms with Crippen molar-refractivity contribution in [1.29, 1.82) is 0 Å². The number of carbonyl (C=O) groups is 1. The fraction of sp³-hybridized carbons (Fsp3) is 0.533. The topological polar surface area (TPSA) is 40.5 Å². The van der Waals surface area contributed by atoms with E-state index in [-0.39, 0.29) is 18.1 Å². The van der Waals surface area contributed by atoms with Gasteiger partial charge in [0.05, 0.1) is 6.10 Å². The zero-order chi connectivity index (χ0) is 13.1. The Hall–Kier alpha value is -1.35. The first-order chi connectivity index (χ1) is 8.58. The summed E-state index contributed by atoms with van der Waals surface area (Å²) in [5.74, 6) is 0.0834. The minimum atomic E-state index is -0.177. The van der Waals surface area contributed by atoms with Crippen LogP contribution >= 0.6 is 0 Å². The van der Waals surface area contributed by atoms with Crippen molar-refractivity contribution in [3.8, 4) is 0 Å². The third-order valence-corrected chi connectivity index (χ3v) is 3.80. The molecule has 0 bridgehead atoms. The highest BCUT2D eigenvalue weighted by molar-refractivity contribution is 5.94. The molecule has 1 N–H and O–H groups in total. The summed E-state index contributed by atoms with van der Waals surface area (Å²) in [5, 5.41) is 9.50. The minimum absolute atomic E-state index is 0.0834. The van der Waals surface area contributed by atoms with Crippen molar-refractivity contribution in [3.05, 3.63) is 35.4 Å². The number of aliphatic hydroxyl groups excluding tert-OH is 1. The molecule has 1 saturated carbocycles. The molecule has 98 valence electrons. The van der Waals surface area contributed by atoms with Crippen LogP contribution in [-0.2, 0) is 0 Å². The Morgan fingerprint density at radius 1 is 1.28 bits per heavy atom. The first kappa shape index (κ1) is 13.1. The number of hydrogen-bond acceptors (Lipinski definition) is 2. The van der Waals surface area contributed by atoms with E-state index >= 15 is 0 Å². The molecule has 0 aliphatic heterocycles. The van der Waals surface area contributed by atoms with Crippen LogP contribution in [0.4, 0.5) is 0 Å². The molecule has 2 rings (SSSR count). The average Bonchev–Trinajstić information content (AvgIpc) is 2.38. The normalized spacial score (nSPS) is 23.7. The van der Waals surface area contributed by atoms with Gasteiger partial charge < -0.3 is 10.0 Å². The van der Waals surface area contributed by atoms with Crippen LogP contribution < -0.4 is 0 Å². The van der Waals surface area contributed by atoms with Crippen molar-refractivity contribution < 1.29 is 9.90 Å². The molecule has 0 saturated heterocycles. The van der Waals surface area contributed by atoms with E-state index in [1.165, 1.54) is 0 Å². The molecule has 1 aliphatic carbocycles. The number of benzene rings is 1. The van der Waals surface area contributed by atoms with Crippen molar-refractivity contribution in [2.75, 3.05) is 7.05 Å². The van der Waals surface area contributed by atoms with Crippen molar-refractivity contribution in [2.24, 2.45) is 0 Å². The van der Waals surface area contributed by atoms with E-state index in [9.17, 15) is 9.90 Å². The maximum atomic E-state index is 12.3. The highest BCUT2D eigenvalue weighted by atomic mass is 16.3. The number of aryl methyl sites for hydroxylation is 1. The first-order valence-corrected chi connectivity index (χ1v) is 6.60. The maximum absolute atomic E-state index is 12.3. The Balaban J connectivity index is 2.04. The standard InChI is InChI=1S/C15H21NO2/c1-11-4-3-5-12(10-11)15(18)16(2)13-6-8-14(17)9-7-13/h3-5,10,13-14,17H,6-9H2,1-2H3. The zero-order valence-electron chi connectivity index (χ0n) is 11.1. The maximum Gasteiger partial charge on any atom is 0.253 e. The van der Waals surface area contributed by atoms with Crippen LogP contribution in [0.25, 0.3) is 0 Å². The second-order valence-corrected chi connectivity index (χ2v) is 5.25. The summed E-state index contributed by atoms with van der Waals surface area (Å²) < 4.78 is 0. The van der Waals surface area contributed by atoms with E-state index < -0.39 is 0 Å². The van der Waals surface area contributed by atoms with Gasteiger partial charge in [0, 0.05) is 18.7 Å². The van der Waals surface area contributed by atoms with Crippen molar-refractivity contribution in [1.82, 2.24) is 4.90 Å². The first-order valence-electron chi connectivity index (χ1n) is 6.60. The summed E-state index contributed by atoms with van der Waals surface area (Å²) in [6.07, 6.45) is 3.22. The lowest BCUT2D eigenvalue weighted by atomic mass is 9.92. The second kappa shape index (κ2) is 5.53. The van der Waals surface area contributed by atoms with E-state index in [0.717, 1.165) is 36.8 Å². The molecule has 3 heteroatoms. The van der Waals surface area contributed by atoms with Crippen molar-refractivity contribution >= 4 is 5.91 Å². The molecular formula is C15H21NO2. The van der Waals surface area contributed by atoms with E-state index in [4.69, 9.17) is 0 Å². The van der Waals surface area contributed by atoms with Crippen LogP contribution in [0, 0.1) is 6.92 Å². The molecule has 1 fully saturated rings. The van der Waals surface area contributed by atoms with Crippen LogP contribution in [0.1, 0.15) is 41.6 Å². The predicted molar refractivity (Wildman–Crippen MR) is 71.5 cm³/mol. The van der Waals surface area contributed by atoms with Gasteiger partial charge in [-0.3, -0.25) is 4.79 Å². The Morgan fingerprint density at radius 3 is 2.56 bits per heavy atom. The van der Waals surface area contributed by atoms with Crippen LogP contribution in [0.3, 0.4) is 0 Å². The zero-order valence-corrected chi connectivity index (χ0v) is 11.1. The van der Waals surface area contributed by atoms with Crippen molar-refractivity contribution in [2.45, 2.75) is 44.8 Å². The van der Waals surface area contributed by atoms with Gasteiger partial charge in [-0.15, -0.1) is 0 Å². The molecule has 3 nitrogen and oxygen atoms in total. The number of carbonyl (C=O) groups excluding carboxylic acids is 1. The van der Waals surface area contributed by atoms with E-state index in [2.05, 4.69) is 0 Å². The molecule has 0 aromatic heterocycles. The number of amides is 1. The summed E-state index contributed by atoms with van der Waals surface area (Å²) in [4.78, 5) is 14.2. The molecule has 0 atom stereocenters. The lowest BCUT2D eigenvalue weighted by Crippen LogP contribution is -2.40. The van der Waals surface area contributed by atoms with Gasteiger partial charge >= 0.3 is 0 Å². The summed E-state index contributed by atoms with van der Waals surface area (Å²) in [6.45, 7) is 1.99. The Morgan fingerprint density at radius 2 is 1.94 bits per heavy atom. The lowest BCUT2D eigenvalue weighted by molar-refractivity contribution is 0.0569. The molecule has 1 aromatic rings. The summed E-state index contributed by atoms with van der Waals surface area (Å²) in [6, 6.07) is 7.97. The van der Waals surface area contributed by atoms with Crippen LogP contribution in [0.2, 0.25) is 0 Å². The van der Waals surface area contributed by atoms with E-state index in [1.54, 1.807) is 0 Å². The molecule has 1 aromatic carbocycles. The monoisotopic (exact) mass is 247 g/mol. The molecule has 0 unspecified atom stereocenters. The number of nitrogens with zero attached hydrogens (tertiary/aromatic N) is 1. The lowest BCUT2D eigenvalue weighted by Gasteiger charge is -2.33. The number of hydrogen-bond donors (Lipinski definition) is 1. The predicted octanol–water partition coefficient (Wildman–Crippen LogP) is 2.37. The number of aliphatic hydroxyl groups is 1. The Bertz CT molecular complexity index is 422. The van der Waals surface area contributed by atoms with Gasteiger partial charge in [-0.1, -0.05) is 17.7 Å². The molecule has 1 amide bonds. The molecule has 0 radical (unpaired) electrons. The van der Waals surface area contributed by atoms with Crippen molar-refractivity contribution in [3.63, 3.8) is 0 Å². The van der Waals surface area contributed by atoms with Gasteiger partial charge in [-0.2, -0.15) is 0 Å². The molecule has 18 heavy (non-hydrogen) atoms. The summed E-state index contributed by atoms with van der Waals surface area (Å²) in [7, 11) is 1.87. The second-order valence-electron chi connectivity index (χ2n) is 5.25. The minimum Gasteiger partial charge on any atom is -0.393 e. The smallest absolute Gasteiger partial charge is 0.253 e. The van der Waals surface area contributed by atoms with Crippen LogP contribution in [0.5, 0.6) is 0 Å². The Labute approximate surface area is 108 Å². The third-order valence-electron chi connectivity index (χ3n) is 3.80. The fourth-order valence-electron chi connectivity index (χ4n) is 2.59. The third kappa shape index (κ3) is 2.91. The number of rotatable bonds is 2. The SMILES string of the molecule is Cc1cccc(C(=O)N(C)C2CCC(O)CC2)c1. The van der Waals surface area contributed by atoms with E-state index in [1.807, 2.05) is 43.1 Å². The molecule has 0 heterocycles. The summed E-state index contributed by atoms with van der Waals surface area (Å²) >= 11 is 0. The quantitative estimate of drug-likeness (QED) is 0.871. The van der Waals surface area contributed by atoms with Gasteiger partial charge in [0.25, 0.3) is 5.91 Å². The van der Waals surface area contributed by atoms with Gasteiger partial charge in [0.15, 0.2) is 0 Å². The van der Waals surface area contributed by atoms with Gasteiger partial charge in [0.1, 0.15) is 0 Å². The largest absolute Gasteiger partial charge is 0.393 e. The van der Waals surface area contributed by atoms with Gasteiger partial charge in [0.2, 0.25) is 0 Å². The fourth-order valence-corrected chi connectivity index (χ4v) is 2.59.